The van der Waals surface area contributed by atoms with Crippen molar-refractivity contribution >= 4 is 23.1 Å². The summed E-state index contributed by atoms with van der Waals surface area (Å²) in [6, 6.07) is 0.376. The molecular formula is C11H20N2OS2. The van der Waals surface area contributed by atoms with Gasteiger partial charge in [0.15, 0.2) is 0 Å². The summed E-state index contributed by atoms with van der Waals surface area (Å²) in [5.74, 6) is 1.16. The zero-order chi connectivity index (χ0) is 11.8. The number of methoxy groups -OCH3 is 1. The summed E-state index contributed by atoms with van der Waals surface area (Å²) < 4.78 is 5.05. The molecule has 1 aromatic rings. The molecule has 0 aliphatic heterocycles. The minimum absolute atomic E-state index is 0.376. The van der Waals surface area contributed by atoms with Crippen molar-refractivity contribution in [2.75, 3.05) is 32.3 Å². The van der Waals surface area contributed by atoms with Crippen LogP contribution in [0.1, 0.15) is 23.2 Å². The zero-order valence-electron chi connectivity index (χ0n) is 10.2. The van der Waals surface area contributed by atoms with Gasteiger partial charge < -0.3 is 10.1 Å². The second kappa shape index (κ2) is 8.06. The number of hydrogen-bond acceptors (Lipinski definition) is 5. The van der Waals surface area contributed by atoms with Crippen molar-refractivity contribution in [3.63, 3.8) is 0 Å². The van der Waals surface area contributed by atoms with Crippen LogP contribution in [0.25, 0.3) is 0 Å². The van der Waals surface area contributed by atoms with Crippen molar-refractivity contribution in [3.8, 4) is 0 Å². The fourth-order valence-electron chi connectivity index (χ4n) is 1.42. The quantitative estimate of drug-likeness (QED) is 0.728. The van der Waals surface area contributed by atoms with E-state index < -0.39 is 0 Å². The smallest absolute Gasteiger partial charge is 0.110 e. The van der Waals surface area contributed by atoms with E-state index in [0.29, 0.717) is 6.04 Å². The third kappa shape index (κ3) is 4.82. The predicted molar refractivity (Wildman–Crippen MR) is 72.5 cm³/mol. The first-order valence-corrected chi connectivity index (χ1v) is 7.68. The van der Waals surface area contributed by atoms with Gasteiger partial charge in [-0.3, -0.25) is 0 Å². The molecule has 92 valence electrons. The second-order valence-corrected chi connectivity index (χ2v) is 5.48. The van der Waals surface area contributed by atoms with Gasteiger partial charge in [0.2, 0.25) is 0 Å². The van der Waals surface area contributed by atoms with E-state index in [9.17, 15) is 0 Å². The number of hydrogen-bond donors (Lipinski definition) is 1. The Balaban J connectivity index is 2.49. The van der Waals surface area contributed by atoms with Gasteiger partial charge in [-0.2, -0.15) is 11.8 Å². The first-order valence-electron chi connectivity index (χ1n) is 5.41. The molecule has 0 aliphatic carbocycles. The highest BCUT2D eigenvalue weighted by molar-refractivity contribution is 7.98. The molecule has 3 nitrogen and oxygen atoms in total. The van der Waals surface area contributed by atoms with Crippen LogP contribution in [-0.4, -0.2) is 37.3 Å². The summed E-state index contributed by atoms with van der Waals surface area (Å²) in [6.07, 6.45) is 3.26. The first-order chi connectivity index (χ1) is 7.77. The zero-order valence-corrected chi connectivity index (χ0v) is 11.8. The Bertz CT molecular complexity index is 291. The number of nitrogens with one attached hydrogen (secondary N) is 1. The molecule has 0 bridgehead atoms. The van der Waals surface area contributed by atoms with Crippen molar-refractivity contribution in [1.82, 2.24) is 10.3 Å². The number of thiazole rings is 1. The molecule has 1 rings (SSSR count). The maximum atomic E-state index is 5.05. The van der Waals surface area contributed by atoms with Crippen molar-refractivity contribution in [1.29, 1.82) is 0 Å². The molecule has 1 N–H and O–H groups in total. The van der Waals surface area contributed by atoms with Crippen molar-refractivity contribution in [2.45, 2.75) is 19.4 Å². The van der Waals surface area contributed by atoms with Crippen LogP contribution < -0.4 is 5.32 Å². The molecule has 1 aromatic heterocycles. The lowest BCUT2D eigenvalue weighted by Gasteiger charge is -2.15. The Morgan fingerprint density at radius 3 is 3.00 bits per heavy atom. The first kappa shape index (κ1) is 14.0. The van der Waals surface area contributed by atoms with E-state index in [1.54, 1.807) is 18.4 Å². The van der Waals surface area contributed by atoms with Gasteiger partial charge in [0.1, 0.15) is 5.01 Å². The van der Waals surface area contributed by atoms with E-state index >= 15 is 0 Å². The molecule has 0 radical (unpaired) electrons. The number of nitrogens with zero attached hydrogens (tertiary/aromatic N) is 1. The summed E-state index contributed by atoms with van der Waals surface area (Å²) in [6.45, 7) is 3.68. The fraction of sp³-hybridized carbons (Fsp3) is 0.727. The highest BCUT2D eigenvalue weighted by Gasteiger charge is 2.13. The molecular weight excluding hydrogens is 240 g/mol. The SMILES string of the molecule is COCCNC(CCSC)c1nc(C)cs1. The number of aryl methyl sites for hydroxylation is 1. The number of rotatable bonds is 8. The summed E-state index contributed by atoms with van der Waals surface area (Å²) in [5, 5.41) is 6.80. The highest BCUT2D eigenvalue weighted by atomic mass is 32.2. The molecule has 0 saturated carbocycles. The van der Waals surface area contributed by atoms with Crippen LogP contribution >= 0.6 is 23.1 Å². The minimum Gasteiger partial charge on any atom is -0.383 e. The van der Waals surface area contributed by atoms with E-state index in [0.717, 1.165) is 31.0 Å². The van der Waals surface area contributed by atoms with Crippen LogP contribution in [0.5, 0.6) is 0 Å². The molecule has 0 fully saturated rings. The third-order valence-corrected chi connectivity index (χ3v) is 3.96. The Labute approximate surface area is 106 Å². The monoisotopic (exact) mass is 260 g/mol. The molecule has 0 aromatic carbocycles. The molecule has 0 aliphatic rings. The number of ether oxygens (including phenoxy) is 1. The van der Waals surface area contributed by atoms with Crippen LogP contribution in [0.2, 0.25) is 0 Å². The Hall–Kier alpha value is -0.100. The highest BCUT2D eigenvalue weighted by Crippen LogP contribution is 2.22. The van der Waals surface area contributed by atoms with Crippen molar-refractivity contribution < 1.29 is 4.74 Å². The maximum Gasteiger partial charge on any atom is 0.110 e. The minimum atomic E-state index is 0.376. The summed E-state index contributed by atoms with van der Waals surface area (Å²) in [7, 11) is 1.73. The average Bonchev–Trinajstić information content (AvgIpc) is 2.70. The summed E-state index contributed by atoms with van der Waals surface area (Å²) >= 11 is 3.62. The second-order valence-electron chi connectivity index (χ2n) is 3.61. The molecule has 16 heavy (non-hydrogen) atoms. The average molecular weight is 260 g/mol. The number of aromatic nitrogens is 1. The Morgan fingerprint density at radius 2 is 2.44 bits per heavy atom. The van der Waals surface area contributed by atoms with Crippen molar-refractivity contribution in [2.24, 2.45) is 0 Å². The van der Waals surface area contributed by atoms with Gasteiger partial charge in [0.05, 0.1) is 12.6 Å². The van der Waals surface area contributed by atoms with Gasteiger partial charge >= 0.3 is 0 Å². The van der Waals surface area contributed by atoms with E-state index in [4.69, 9.17) is 4.74 Å². The van der Waals surface area contributed by atoms with E-state index in [1.165, 1.54) is 5.01 Å². The lowest BCUT2D eigenvalue weighted by Crippen LogP contribution is -2.25. The van der Waals surface area contributed by atoms with E-state index in [2.05, 4.69) is 21.9 Å². The fourth-order valence-corrected chi connectivity index (χ4v) is 2.79. The standard InChI is InChI=1S/C11H20N2OS2/c1-9-8-16-11(13-9)10(4-7-15-3)12-5-6-14-2/h8,10,12H,4-7H2,1-3H3. The van der Waals surface area contributed by atoms with Gasteiger partial charge in [-0.15, -0.1) is 11.3 Å². The van der Waals surface area contributed by atoms with Gasteiger partial charge in [-0.25, -0.2) is 4.98 Å². The van der Waals surface area contributed by atoms with E-state index in [1.807, 2.05) is 18.7 Å². The van der Waals surface area contributed by atoms with Crippen LogP contribution in [-0.2, 0) is 4.74 Å². The topological polar surface area (TPSA) is 34.1 Å². The lowest BCUT2D eigenvalue weighted by molar-refractivity contribution is 0.195. The van der Waals surface area contributed by atoms with Crippen LogP contribution in [0.15, 0.2) is 5.38 Å². The molecule has 0 spiro atoms. The maximum absolute atomic E-state index is 5.05. The predicted octanol–water partition coefficient (Wildman–Crippen LogP) is 2.48. The molecule has 0 saturated heterocycles. The summed E-state index contributed by atoms with van der Waals surface area (Å²) in [4.78, 5) is 4.55. The largest absolute Gasteiger partial charge is 0.383 e. The van der Waals surface area contributed by atoms with E-state index in [-0.39, 0.29) is 0 Å². The lowest BCUT2D eigenvalue weighted by atomic mass is 10.2. The molecule has 1 atom stereocenters. The van der Waals surface area contributed by atoms with Crippen LogP contribution in [0.3, 0.4) is 0 Å². The van der Waals surface area contributed by atoms with Gasteiger partial charge in [-0.05, 0) is 25.4 Å². The van der Waals surface area contributed by atoms with Gasteiger partial charge in [-0.1, -0.05) is 0 Å². The van der Waals surface area contributed by atoms with Gasteiger partial charge in [0.25, 0.3) is 0 Å². The van der Waals surface area contributed by atoms with Crippen LogP contribution in [0, 0.1) is 6.92 Å². The molecule has 0 amide bonds. The summed E-state index contributed by atoms with van der Waals surface area (Å²) in [5.41, 5.74) is 1.11. The van der Waals surface area contributed by atoms with Crippen molar-refractivity contribution in [3.05, 3.63) is 16.1 Å². The normalized spacial score (nSPS) is 12.9. The Kier molecular flexibility index (Phi) is 7.03. The number of thioether (sulfide) groups is 1. The molecule has 5 heteroatoms. The Morgan fingerprint density at radius 1 is 1.62 bits per heavy atom. The third-order valence-electron chi connectivity index (χ3n) is 2.24. The van der Waals surface area contributed by atoms with Gasteiger partial charge in [0, 0.05) is 24.7 Å². The molecule has 1 heterocycles. The molecule has 1 unspecified atom stereocenters. The van der Waals surface area contributed by atoms with Crippen LogP contribution in [0.4, 0.5) is 0 Å².